The van der Waals surface area contributed by atoms with Gasteiger partial charge >= 0.3 is 5.97 Å². The third-order valence-electron chi connectivity index (χ3n) is 3.14. The molecule has 1 heterocycles. The van der Waals surface area contributed by atoms with Gasteiger partial charge in [0.1, 0.15) is 11.6 Å². The van der Waals surface area contributed by atoms with Crippen LogP contribution in [0.1, 0.15) is 28.5 Å². The van der Waals surface area contributed by atoms with Crippen LogP contribution in [0.2, 0.25) is 0 Å². The maximum Gasteiger partial charge on any atom is 0.335 e. The first-order valence-corrected chi connectivity index (χ1v) is 6.74. The summed E-state index contributed by atoms with van der Waals surface area (Å²) in [5, 5.41) is 12.3. The van der Waals surface area contributed by atoms with Crippen molar-refractivity contribution < 1.29 is 14.6 Å². The fourth-order valence-electron chi connectivity index (χ4n) is 2.02. The summed E-state index contributed by atoms with van der Waals surface area (Å²) in [6, 6.07) is 10.8. The topological polar surface area (TPSA) is 71.5 Å². The van der Waals surface area contributed by atoms with E-state index < -0.39 is 5.97 Å². The zero-order valence-corrected chi connectivity index (χ0v) is 12.1. The highest BCUT2D eigenvalue weighted by Gasteiger charge is 2.08. The number of nitrogens with zero attached hydrogens (tertiary/aromatic N) is 1. The summed E-state index contributed by atoms with van der Waals surface area (Å²) in [5.74, 6) is 0.389. The molecule has 0 aliphatic carbocycles. The molecule has 2 N–H and O–H groups in total. The van der Waals surface area contributed by atoms with Crippen LogP contribution in [0.5, 0.6) is 5.75 Å². The Balaban J connectivity index is 2.19. The Bertz CT molecular complexity index is 641. The number of rotatable bonds is 6. The van der Waals surface area contributed by atoms with Crippen molar-refractivity contribution in [1.82, 2.24) is 4.98 Å². The second-order valence-electron chi connectivity index (χ2n) is 4.56. The van der Waals surface area contributed by atoms with E-state index in [0.29, 0.717) is 18.8 Å². The Morgan fingerprint density at radius 2 is 2.10 bits per heavy atom. The van der Waals surface area contributed by atoms with E-state index in [-0.39, 0.29) is 5.56 Å². The van der Waals surface area contributed by atoms with Gasteiger partial charge in [0.25, 0.3) is 0 Å². The number of para-hydroxylation sites is 1. The Labute approximate surface area is 123 Å². The van der Waals surface area contributed by atoms with Crippen LogP contribution < -0.4 is 10.1 Å². The van der Waals surface area contributed by atoms with Crippen molar-refractivity contribution in [3.05, 3.63) is 53.2 Å². The molecule has 0 bridgehead atoms. The molecule has 0 fully saturated rings. The third kappa shape index (κ3) is 3.72. The number of carboxylic acids is 1. The molecule has 0 unspecified atom stereocenters. The number of aromatic carboxylic acids is 1. The first kappa shape index (κ1) is 14.8. The van der Waals surface area contributed by atoms with Crippen molar-refractivity contribution in [2.75, 3.05) is 12.4 Å². The second-order valence-corrected chi connectivity index (χ2v) is 4.56. The van der Waals surface area contributed by atoms with E-state index in [1.807, 2.05) is 31.2 Å². The van der Waals surface area contributed by atoms with E-state index in [9.17, 15) is 4.79 Å². The highest BCUT2D eigenvalue weighted by Crippen LogP contribution is 2.19. The van der Waals surface area contributed by atoms with Crippen molar-refractivity contribution in [3.8, 4) is 5.75 Å². The van der Waals surface area contributed by atoms with Gasteiger partial charge in [0, 0.05) is 17.8 Å². The largest absolute Gasteiger partial charge is 0.496 e. The molecule has 0 amide bonds. The minimum Gasteiger partial charge on any atom is -0.496 e. The zero-order valence-electron chi connectivity index (χ0n) is 12.1. The quantitative estimate of drug-likeness (QED) is 0.854. The fourth-order valence-corrected chi connectivity index (χ4v) is 2.02. The Kier molecular flexibility index (Phi) is 4.77. The number of hydrogen-bond donors (Lipinski definition) is 2. The lowest BCUT2D eigenvalue weighted by molar-refractivity contribution is 0.0696. The summed E-state index contributed by atoms with van der Waals surface area (Å²) in [5.41, 5.74) is 1.97. The highest BCUT2D eigenvalue weighted by atomic mass is 16.5. The van der Waals surface area contributed by atoms with Crippen LogP contribution in [0.3, 0.4) is 0 Å². The minimum absolute atomic E-state index is 0.240. The number of nitrogens with one attached hydrogen (secondary N) is 1. The highest BCUT2D eigenvalue weighted by molar-refractivity contribution is 5.88. The van der Waals surface area contributed by atoms with Crippen LogP contribution in [0.25, 0.3) is 0 Å². The molecule has 0 saturated heterocycles. The predicted octanol–water partition coefficient (Wildman–Crippen LogP) is 2.96. The lowest BCUT2D eigenvalue weighted by Crippen LogP contribution is -2.07. The molecule has 0 radical (unpaired) electrons. The Morgan fingerprint density at radius 1 is 1.33 bits per heavy atom. The van der Waals surface area contributed by atoms with Gasteiger partial charge in [-0.3, -0.25) is 0 Å². The second kappa shape index (κ2) is 6.74. The molecular formula is C16H18N2O3. The summed E-state index contributed by atoms with van der Waals surface area (Å²) in [6.07, 6.45) is 0.685. The van der Waals surface area contributed by atoms with Crippen molar-refractivity contribution in [3.63, 3.8) is 0 Å². The summed E-state index contributed by atoms with van der Waals surface area (Å²) >= 11 is 0. The molecule has 0 atom stereocenters. The van der Waals surface area contributed by atoms with Gasteiger partial charge in [-0.15, -0.1) is 0 Å². The smallest absolute Gasteiger partial charge is 0.335 e. The molecule has 2 rings (SSSR count). The summed E-state index contributed by atoms with van der Waals surface area (Å²) in [4.78, 5) is 15.5. The number of ether oxygens (including phenoxy) is 1. The van der Waals surface area contributed by atoms with Crippen LogP contribution in [0.15, 0.2) is 36.4 Å². The first-order chi connectivity index (χ1) is 10.1. The molecule has 0 spiro atoms. The molecule has 110 valence electrons. The zero-order chi connectivity index (χ0) is 15.2. The number of methoxy groups -OCH3 is 1. The molecule has 1 aromatic carbocycles. The fraction of sp³-hybridized carbons (Fsp3) is 0.250. The number of carboxylic acid groups (broad SMARTS) is 1. The standard InChI is InChI=1S/C16H18N2O3/c1-3-13-8-12(16(19)20)9-15(18-13)17-10-11-6-4-5-7-14(11)21-2/h4-9H,3,10H2,1-2H3,(H,17,18)(H,19,20). The molecule has 1 aromatic heterocycles. The Morgan fingerprint density at radius 3 is 2.76 bits per heavy atom. The van der Waals surface area contributed by atoms with Crippen LogP contribution >= 0.6 is 0 Å². The number of benzene rings is 1. The molecular weight excluding hydrogens is 268 g/mol. The van der Waals surface area contributed by atoms with Gasteiger partial charge in [0.2, 0.25) is 0 Å². The molecule has 5 nitrogen and oxygen atoms in total. The van der Waals surface area contributed by atoms with E-state index in [0.717, 1.165) is 17.0 Å². The van der Waals surface area contributed by atoms with Crippen LogP contribution in [-0.2, 0) is 13.0 Å². The number of carbonyl (C=O) groups is 1. The third-order valence-corrected chi connectivity index (χ3v) is 3.14. The minimum atomic E-state index is -0.951. The van der Waals surface area contributed by atoms with E-state index in [1.54, 1.807) is 13.2 Å². The van der Waals surface area contributed by atoms with Crippen LogP contribution in [0, 0.1) is 0 Å². The molecule has 2 aromatic rings. The molecule has 5 heteroatoms. The maximum atomic E-state index is 11.1. The van der Waals surface area contributed by atoms with E-state index >= 15 is 0 Å². The molecule has 0 aliphatic rings. The van der Waals surface area contributed by atoms with Crippen LogP contribution in [0.4, 0.5) is 5.82 Å². The summed E-state index contributed by atoms with van der Waals surface area (Å²) in [7, 11) is 1.62. The average Bonchev–Trinajstić information content (AvgIpc) is 2.52. The van der Waals surface area contributed by atoms with E-state index in [4.69, 9.17) is 9.84 Å². The van der Waals surface area contributed by atoms with Crippen LogP contribution in [-0.4, -0.2) is 23.2 Å². The van der Waals surface area contributed by atoms with Gasteiger partial charge in [0.15, 0.2) is 0 Å². The SMILES string of the molecule is CCc1cc(C(=O)O)cc(NCc2ccccc2OC)n1. The maximum absolute atomic E-state index is 11.1. The Hall–Kier alpha value is -2.56. The van der Waals surface area contributed by atoms with E-state index in [2.05, 4.69) is 10.3 Å². The van der Waals surface area contributed by atoms with Crippen molar-refractivity contribution >= 4 is 11.8 Å². The van der Waals surface area contributed by atoms with Crippen molar-refractivity contribution in [2.45, 2.75) is 19.9 Å². The van der Waals surface area contributed by atoms with Gasteiger partial charge < -0.3 is 15.2 Å². The number of anilines is 1. The lowest BCUT2D eigenvalue weighted by Gasteiger charge is -2.11. The molecule has 0 saturated carbocycles. The summed E-state index contributed by atoms with van der Waals surface area (Å²) in [6.45, 7) is 2.46. The monoisotopic (exact) mass is 286 g/mol. The van der Waals surface area contributed by atoms with Crippen molar-refractivity contribution in [2.24, 2.45) is 0 Å². The predicted molar refractivity (Wildman–Crippen MR) is 80.9 cm³/mol. The van der Waals surface area contributed by atoms with Gasteiger partial charge in [-0.05, 0) is 24.6 Å². The molecule has 21 heavy (non-hydrogen) atoms. The van der Waals surface area contributed by atoms with Gasteiger partial charge in [-0.1, -0.05) is 25.1 Å². The van der Waals surface area contributed by atoms with E-state index in [1.165, 1.54) is 6.07 Å². The molecule has 0 aliphatic heterocycles. The normalized spacial score (nSPS) is 10.2. The van der Waals surface area contributed by atoms with Gasteiger partial charge in [-0.25, -0.2) is 9.78 Å². The average molecular weight is 286 g/mol. The van der Waals surface area contributed by atoms with Gasteiger partial charge in [0.05, 0.1) is 12.7 Å². The number of pyridine rings is 1. The number of aromatic nitrogens is 1. The number of hydrogen-bond acceptors (Lipinski definition) is 4. The van der Waals surface area contributed by atoms with Crippen molar-refractivity contribution in [1.29, 1.82) is 0 Å². The lowest BCUT2D eigenvalue weighted by atomic mass is 10.2. The summed E-state index contributed by atoms with van der Waals surface area (Å²) < 4.78 is 5.29. The first-order valence-electron chi connectivity index (χ1n) is 6.74. The number of aryl methyl sites for hydroxylation is 1. The van der Waals surface area contributed by atoms with Gasteiger partial charge in [-0.2, -0.15) is 0 Å².